The molecule has 0 radical (unpaired) electrons. The molecule has 0 saturated carbocycles. The van der Waals surface area contributed by atoms with E-state index in [0.29, 0.717) is 50.2 Å². The molecule has 0 saturated heterocycles. The molecule has 1 aromatic carbocycles. The van der Waals surface area contributed by atoms with Crippen molar-refractivity contribution in [2.75, 3.05) is 56.3 Å². The smallest absolute Gasteiger partial charge is 0.303 e. The molecular weight excluding hydrogens is 787 g/mol. The number of unbranched alkanes of at least 4 members (excludes halogenated alkanes) is 2. The molecule has 0 spiro atoms. The van der Waals surface area contributed by atoms with Crippen LogP contribution in [0.2, 0.25) is 0 Å². The van der Waals surface area contributed by atoms with Gasteiger partial charge in [0.1, 0.15) is 18.8 Å². The van der Waals surface area contributed by atoms with E-state index >= 15 is 0 Å². The van der Waals surface area contributed by atoms with Gasteiger partial charge in [-0.15, -0.1) is 0 Å². The van der Waals surface area contributed by atoms with Crippen molar-refractivity contribution in [2.45, 2.75) is 69.1 Å². The average molecular weight is 839 g/mol. The van der Waals surface area contributed by atoms with Crippen molar-refractivity contribution < 1.29 is 53.4 Å². The summed E-state index contributed by atoms with van der Waals surface area (Å²) in [5, 5.41) is 9.96. The predicted octanol–water partition coefficient (Wildman–Crippen LogP) is 4.37. The van der Waals surface area contributed by atoms with Crippen LogP contribution in [0.1, 0.15) is 69.9 Å². The highest BCUT2D eigenvalue weighted by molar-refractivity contribution is 7.89. The SMILES string of the molecule is CC[N+](CCCS(=O)(=O)O)=c1ccc2c(/C=C/C=C3/N(CCCCCC(=O)O)c4ccc(S(=O)(=O)NCCOC)cc4C3(C)CCCS(=O)(=O)O)ccoc-2c1. The lowest BCUT2D eigenvalue weighted by Gasteiger charge is -2.30. The fourth-order valence-electron chi connectivity index (χ4n) is 7.01. The van der Waals surface area contributed by atoms with Gasteiger partial charge in [0.25, 0.3) is 20.2 Å². The van der Waals surface area contributed by atoms with Crippen LogP contribution < -0.4 is 19.6 Å². The number of carbonyl (C=O) groups is 1. The van der Waals surface area contributed by atoms with Gasteiger partial charge in [-0.05, 0) is 87.1 Å². The Labute approximate surface area is 329 Å². The number of hydrogen-bond acceptors (Lipinski definition) is 10. The van der Waals surface area contributed by atoms with Gasteiger partial charge in [0.15, 0.2) is 0 Å². The van der Waals surface area contributed by atoms with Crippen LogP contribution in [0.4, 0.5) is 5.69 Å². The van der Waals surface area contributed by atoms with E-state index in [9.17, 15) is 34.6 Å². The highest BCUT2D eigenvalue weighted by Crippen LogP contribution is 2.51. The second-order valence-corrected chi connectivity index (χ2v) is 18.7. The summed E-state index contributed by atoms with van der Waals surface area (Å²) in [7, 11) is -10.8. The third kappa shape index (κ3) is 12.3. The highest BCUT2D eigenvalue weighted by atomic mass is 32.2. The molecule has 2 aliphatic heterocycles. The molecule has 3 aliphatic rings. The minimum Gasteiger partial charge on any atom is -0.481 e. The fraction of sp³-hybridized carbons (Fsp3) is 0.474. The molecule has 0 bridgehead atoms. The zero-order valence-corrected chi connectivity index (χ0v) is 34.3. The van der Waals surface area contributed by atoms with Crippen molar-refractivity contribution in [3.05, 3.63) is 83.1 Å². The Morgan fingerprint density at radius 2 is 1.70 bits per heavy atom. The Morgan fingerprint density at radius 1 is 0.964 bits per heavy atom. The minimum atomic E-state index is -4.28. The first kappa shape index (κ1) is 44.8. The monoisotopic (exact) mass is 838 g/mol. The maximum Gasteiger partial charge on any atom is 0.303 e. The summed E-state index contributed by atoms with van der Waals surface area (Å²) >= 11 is 0. The van der Waals surface area contributed by atoms with E-state index in [1.54, 1.807) is 18.4 Å². The first-order valence-electron chi connectivity index (χ1n) is 18.4. The Hall–Kier alpha value is -3.91. The van der Waals surface area contributed by atoms with Crippen LogP contribution in [0, 0.1) is 0 Å². The van der Waals surface area contributed by atoms with E-state index in [1.807, 2.05) is 60.9 Å². The summed E-state index contributed by atoms with van der Waals surface area (Å²) in [6.45, 7) is 5.59. The van der Waals surface area contributed by atoms with E-state index < -0.39 is 47.4 Å². The molecule has 0 fully saturated rings. The molecule has 4 N–H and O–H groups in total. The fourth-order valence-corrected chi connectivity index (χ4v) is 9.05. The average Bonchev–Trinajstić information content (AvgIpc) is 3.34. The van der Waals surface area contributed by atoms with Crippen molar-refractivity contribution >= 4 is 48.0 Å². The Bertz CT molecular complexity index is 2280. The molecule has 0 aromatic heterocycles. The van der Waals surface area contributed by atoms with Gasteiger partial charge < -0.3 is 19.2 Å². The Balaban J connectivity index is 1.78. The van der Waals surface area contributed by atoms with Crippen molar-refractivity contribution in [2.24, 2.45) is 0 Å². The predicted molar refractivity (Wildman–Crippen MR) is 214 cm³/mol. The molecule has 4 rings (SSSR count). The van der Waals surface area contributed by atoms with E-state index in [0.717, 1.165) is 27.9 Å². The van der Waals surface area contributed by atoms with Crippen molar-refractivity contribution in [1.82, 2.24) is 9.30 Å². The lowest BCUT2D eigenvalue weighted by atomic mass is 9.77. The van der Waals surface area contributed by atoms with Gasteiger partial charge in [0.05, 0.1) is 35.3 Å². The van der Waals surface area contributed by atoms with Crippen LogP contribution in [-0.2, 0) is 45.2 Å². The number of carboxylic acid groups (broad SMARTS) is 1. The van der Waals surface area contributed by atoms with Gasteiger partial charge >= 0.3 is 5.97 Å². The molecular formula is C38H52N3O12S3+. The Morgan fingerprint density at radius 3 is 2.38 bits per heavy atom. The standard InChI is InChI=1S/C38H51N3O12S3/c1-4-40(21-10-26-55(47,48)49)30-14-16-32-29(18-23-53-35(32)27-30)11-8-12-36-38(2,19-9-25-54(44,45)46)33-28-31(56(50,51)39-20-24-52-3)15-17-34(33)41(36)22-7-5-6-13-37(42)43/h8,11-12,14-18,23,27-28,39H,4-7,9-10,13,19-22,24-26H2,1-3H3,(H2-,42,43,44,45,46,47,48,49)/p+1. The zero-order chi connectivity index (χ0) is 41.1. The number of hydrogen-bond donors (Lipinski definition) is 4. The van der Waals surface area contributed by atoms with Gasteiger partial charge in [-0.1, -0.05) is 18.6 Å². The molecule has 56 heavy (non-hydrogen) atoms. The highest BCUT2D eigenvalue weighted by Gasteiger charge is 2.43. The summed E-state index contributed by atoms with van der Waals surface area (Å²) in [5.41, 5.74) is 2.91. The van der Waals surface area contributed by atoms with E-state index in [1.165, 1.54) is 13.2 Å². The molecule has 308 valence electrons. The lowest BCUT2D eigenvalue weighted by Crippen LogP contribution is -2.31. The largest absolute Gasteiger partial charge is 0.481 e. The number of fused-ring (bicyclic) bond motifs is 2. The van der Waals surface area contributed by atoms with Crippen LogP contribution in [0.25, 0.3) is 17.4 Å². The molecule has 1 atom stereocenters. The third-order valence-electron chi connectivity index (χ3n) is 9.80. The second kappa shape index (κ2) is 19.5. The number of anilines is 1. The van der Waals surface area contributed by atoms with Gasteiger partial charge in [-0.25, -0.2) is 17.7 Å². The maximum absolute atomic E-state index is 13.3. The summed E-state index contributed by atoms with van der Waals surface area (Å²) in [4.78, 5) is 13.2. The van der Waals surface area contributed by atoms with Crippen LogP contribution in [0.15, 0.2) is 75.9 Å². The summed E-state index contributed by atoms with van der Waals surface area (Å²) in [6.07, 6.45) is 9.61. The zero-order valence-electron chi connectivity index (χ0n) is 31.9. The van der Waals surface area contributed by atoms with E-state index in [-0.39, 0.29) is 49.5 Å². The molecule has 2 heterocycles. The minimum absolute atomic E-state index is 0.0329. The van der Waals surface area contributed by atoms with Gasteiger partial charge in [-0.3, -0.25) is 13.9 Å². The number of carboxylic acids is 1. The molecule has 1 aliphatic carbocycles. The number of nitrogens with one attached hydrogen (secondary N) is 1. The van der Waals surface area contributed by atoms with Crippen molar-refractivity contribution in [3.63, 3.8) is 0 Å². The van der Waals surface area contributed by atoms with Gasteiger partial charge in [0.2, 0.25) is 15.4 Å². The molecule has 15 nitrogen and oxygen atoms in total. The van der Waals surface area contributed by atoms with E-state index in [2.05, 4.69) is 9.62 Å². The van der Waals surface area contributed by atoms with Crippen LogP contribution in [0.3, 0.4) is 0 Å². The van der Waals surface area contributed by atoms with Crippen molar-refractivity contribution in [3.8, 4) is 11.3 Å². The first-order chi connectivity index (χ1) is 26.4. The number of benzene rings is 2. The van der Waals surface area contributed by atoms with Gasteiger partial charge in [0, 0.05) is 61.5 Å². The number of sulfonamides is 1. The van der Waals surface area contributed by atoms with Gasteiger partial charge in [-0.2, -0.15) is 16.8 Å². The number of allylic oxidation sites excluding steroid dienone is 3. The number of aliphatic carboxylic acids is 1. The summed E-state index contributed by atoms with van der Waals surface area (Å²) in [6, 6.07) is 12.3. The summed E-state index contributed by atoms with van der Waals surface area (Å²) in [5.74, 6) is -1.11. The summed E-state index contributed by atoms with van der Waals surface area (Å²) < 4.78 is 107. The number of rotatable bonds is 22. The Kier molecular flexibility index (Phi) is 15.6. The number of nitrogens with zero attached hydrogens (tertiary/aromatic N) is 2. The normalized spacial score (nSPS) is 17.6. The maximum atomic E-state index is 13.3. The molecule has 0 amide bonds. The number of methoxy groups -OCH3 is 1. The number of ether oxygens (including phenoxy) is 1. The molecule has 1 unspecified atom stereocenters. The first-order valence-corrected chi connectivity index (χ1v) is 23.1. The van der Waals surface area contributed by atoms with Crippen LogP contribution >= 0.6 is 0 Å². The topological polar surface area (TPSA) is 221 Å². The van der Waals surface area contributed by atoms with Crippen molar-refractivity contribution in [1.29, 1.82) is 0 Å². The van der Waals surface area contributed by atoms with E-state index in [4.69, 9.17) is 18.8 Å². The second-order valence-electron chi connectivity index (χ2n) is 13.8. The third-order valence-corrected chi connectivity index (χ3v) is 12.9. The lowest BCUT2D eigenvalue weighted by molar-refractivity contribution is -0.137. The van der Waals surface area contributed by atoms with Crippen LogP contribution in [-0.4, -0.2) is 96.8 Å². The molecule has 18 heteroatoms. The quantitative estimate of drug-likeness (QED) is 0.0629. The van der Waals surface area contributed by atoms with Crippen LogP contribution in [0.5, 0.6) is 0 Å². The molecule has 1 aromatic rings.